The van der Waals surface area contributed by atoms with Crippen molar-refractivity contribution in [2.75, 3.05) is 5.75 Å². The molecule has 0 radical (unpaired) electrons. The minimum absolute atomic E-state index is 0.0537. The number of carbonyl (C=O) groups excluding carboxylic acids is 1. The Bertz CT molecular complexity index is 705. The Labute approximate surface area is 164 Å². The predicted octanol–water partition coefficient (Wildman–Crippen LogP) is 4.76. The van der Waals surface area contributed by atoms with Crippen LogP contribution in [0.5, 0.6) is 0 Å². The van der Waals surface area contributed by atoms with Crippen LogP contribution in [-0.2, 0) is 4.79 Å². The molecular formula is C19H28N4OS2. The third kappa shape index (κ3) is 4.68. The lowest BCUT2D eigenvalue weighted by Crippen LogP contribution is -2.32. The highest BCUT2D eigenvalue weighted by atomic mass is 32.2. The van der Waals surface area contributed by atoms with E-state index in [0.29, 0.717) is 17.7 Å². The average molecular weight is 393 g/mol. The third-order valence-corrected chi connectivity index (χ3v) is 6.84. The van der Waals surface area contributed by atoms with Gasteiger partial charge in [-0.25, -0.2) is 0 Å². The molecule has 1 saturated carbocycles. The molecule has 1 aliphatic carbocycles. The third-order valence-electron chi connectivity index (χ3n) is 4.94. The van der Waals surface area contributed by atoms with Gasteiger partial charge in [-0.3, -0.25) is 4.79 Å². The van der Waals surface area contributed by atoms with E-state index in [9.17, 15) is 4.79 Å². The first-order valence-electron chi connectivity index (χ1n) is 9.43. The summed E-state index contributed by atoms with van der Waals surface area (Å²) in [4.78, 5) is 13.7. The van der Waals surface area contributed by atoms with E-state index >= 15 is 0 Å². The second-order valence-electron chi connectivity index (χ2n) is 7.28. The Morgan fingerprint density at radius 2 is 2.12 bits per heavy atom. The van der Waals surface area contributed by atoms with Crippen molar-refractivity contribution < 1.29 is 4.79 Å². The highest BCUT2D eigenvalue weighted by molar-refractivity contribution is 7.99. The summed E-state index contributed by atoms with van der Waals surface area (Å²) in [5, 5.41) is 14.7. The number of rotatable bonds is 7. The van der Waals surface area contributed by atoms with Gasteiger partial charge in [-0.05, 0) is 37.1 Å². The molecule has 1 atom stereocenters. The largest absolute Gasteiger partial charge is 0.347 e. The second-order valence-corrected chi connectivity index (χ2v) is 9.21. The highest BCUT2D eigenvalue weighted by Gasteiger charge is 2.23. The monoisotopic (exact) mass is 392 g/mol. The summed E-state index contributed by atoms with van der Waals surface area (Å²) in [6.07, 6.45) is 6.23. The smallest absolute Gasteiger partial charge is 0.230 e. The molecule has 7 heteroatoms. The van der Waals surface area contributed by atoms with Crippen LogP contribution in [0.4, 0.5) is 0 Å². The molecule has 0 aliphatic heterocycles. The van der Waals surface area contributed by atoms with Gasteiger partial charge in [0.05, 0.1) is 11.8 Å². The molecule has 5 nitrogen and oxygen atoms in total. The Morgan fingerprint density at radius 1 is 1.35 bits per heavy atom. The molecule has 142 valence electrons. The molecule has 0 saturated heterocycles. The van der Waals surface area contributed by atoms with Crippen molar-refractivity contribution in [2.45, 2.75) is 70.1 Å². The second kappa shape index (κ2) is 9.04. The standard InChI is InChI=1S/C19H28N4OS2/c1-13(2)18(16-10-7-11-25-16)20-17(24)12-26-19-22-21-14(3)23(19)15-8-5-4-6-9-15/h7,10-11,13,15,18H,4-6,8-9,12H2,1-3H3,(H,20,24). The summed E-state index contributed by atoms with van der Waals surface area (Å²) in [6.45, 7) is 6.29. The fourth-order valence-electron chi connectivity index (χ4n) is 3.59. The first kappa shape index (κ1) is 19.4. The summed E-state index contributed by atoms with van der Waals surface area (Å²) in [5.41, 5.74) is 0. The van der Waals surface area contributed by atoms with Crippen molar-refractivity contribution in [2.24, 2.45) is 5.92 Å². The van der Waals surface area contributed by atoms with Gasteiger partial charge in [0.15, 0.2) is 5.16 Å². The van der Waals surface area contributed by atoms with Gasteiger partial charge in [-0.15, -0.1) is 21.5 Å². The predicted molar refractivity (Wildman–Crippen MR) is 108 cm³/mol. The van der Waals surface area contributed by atoms with E-state index in [2.05, 4.69) is 45.4 Å². The van der Waals surface area contributed by atoms with Gasteiger partial charge in [-0.2, -0.15) is 0 Å². The van der Waals surface area contributed by atoms with Crippen molar-refractivity contribution in [1.82, 2.24) is 20.1 Å². The number of hydrogen-bond acceptors (Lipinski definition) is 5. The van der Waals surface area contributed by atoms with Gasteiger partial charge in [0.25, 0.3) is 0 Å². The van der Waals surface area contributed by atoms with Crippen LogP contribution in [0.3, 0.4) is 0 Å². The van der Waals surface area contributed by atoms with Crippen LogP contribution < -0.4 is 5.32 Å². The van der Waals surface area contributed by atoms with E-state index in [4.69, 9.17) is 0 Å². The summed E-state index contributed by atoms with van der Waals surface area (Å²) in [7, 11) is 0. The first-order valence-corrected chi connectivity index (χ1v) is 11.3. The molecule has 3 rings (SSSR count). The molecule has 1 fully saturated rings. The normalized spacial score (nSPS) is 16.8. The van der Waals surface area contributed by atoms with Crippen molar-refractivity contribution in [3.8, 4) is 0 Å². The Morgan fingerprint density at radius 3 is 2.77 bits per heavy atom. The first-order chi connectivity index (χ1) is 12.6. The average Bonchev–Trinajstić information content (AvgIpc) is 3.28. The summed E-state index contributed by atoms with van der Waals surface area (Å²) < 4.78 is 2.25. The van der Waals surface area contributed by atoms with Crippen LogP contribution in [0.1, 0.15) is 68.7 Å². The van der Waals surface area contributed by atoms with Gasteiger partial charge in [0, 0.05) is 10.9 Å². The fraction of sp³-hybridized carbons (Fsp3) is 0.632. The van der Waals surface area contributed by atoms with Crippen LogP contribution in [0.2, 0.25) is 0 Å². The lowest BCUT2D eigenvalue weighted by Gasteiger charge is -2.25. The van der Waals surface area contributed by atoms with Crippen molar-refractivity contribution in [3.05, 3.63) is 28.2 Å². The summed E-state index contributed by atoms with van der Waals surface area (Å²) in [5.74, 6) is 1.74. The SMILES string of the molecule is Cc1nnc(SCC(=O)NC(c2cccs2)C(C)C)n1C1CCCCC1. The summed E-state index contributed by atoms with van der Waals surface area (Å²) >= 11 is 3.19. The van der Waals surface area contributed by atoms with Crippen LogP contribution in [-0.4, -0.2) is 26.4 Å². The van der Waals surface area contributed by atoms with E-state index in [1.165, 1.54) is 48.7 Å². The maximum atomic E-state index is 12.5. The minimum atomic E-state index is 0.0537. The van der Waals surface area contributed by atoms with Crippen LogP contribution >= 0.6 is 23.1 Å². The molecule has 1 N–H and O–H groups in total. The fourth-order valence-corrected chi connectivity index (χ4v) is 5.40. The van der Waals surface area contributed by atoms with E-state index in [1.807, 2.05) is 13.0 Å². The minimum Gasteiger partial charge on any atom is -0.347 e. The van der Waals surface area contributed by atoms with E-state index in [1.54, 1.807) is 11.3 Å². The maximum absolute atomic E-state index is 12.5. The zero-order valence-corrected chi connectivity index (χ0v) is 17.4. The zero-order valence-electron chi connectivity index (χ0n) is 15.8. The van der Waals surface area contributed by atoms with E-state index in [0.717, 1.165) is 11.0 Å². The van der Waals surface area contributed by atoms with Crippen LogP contribution in [0.25, 0.3) is 0 Å². The molecule has 2 heterocycles. The molecule has 1 unspecified atom stereocenters. The topological polar surface area (TPSA) is 59.8 Å². The Hall–Kier alpha value is -1.34. The molecule has 0 bridgehead atoms. The van der Waals surface area contributed by atoms with Crippen molar-refractivity contribution in [1.29, 1.82) is 0 Å². The summed E-state index contributed by atoms with van der Waals surface area (Å²) in [6, 6.07) is 4.68. The number of amides is 1. The number of carbonyl (C=O) groups is 1. The number of thioether (sulfide) groups is 1. The Kier molecular flexibility index (Phi) is 6.75. The van der Waals surface area contributed by atoms with Gasteiger partial charge >= 0.3 is 0 Å². The lowest BCUT2D eigenvalue weighted by atomic mass is 9.95. The van der Waals surface area contributed by atoms with Crippen LogP contribution in [0.15, 0.2) is 22.7 Å². The number of thiophene rings is 1. The van der Waals surface area contributed by atoms with E-state index < -0.39 is 0 Å². The molecule has 2 aromatic rings. The number of hydrogen-bond donors (Lipinski definition) is 1. The van der Waals surface area contributed by atoms with Gasteiger partial charge in [0.2, 0.25) is 5.91 Å². The number of nitrogens with one attached hydrogen (secondary N) is 1. The molecule has 2 aromatic heterocycles. The zero-order chi connectivity index (χ0) is 18.5. The number of aryl methyl sites for hydroxylation is 1. The maximum Gasteiger partial charge on any atom is 0.230 e. The highest BCUT2D eigenvalue weighted by Crippen LogP contribution is 2.32. The van der Waals surface area contributed by atoms with Gasteiger partial charge in [0.1, 0.15) is 5.82 Å². The molecular weight excluding hydrogens is 364 g/mol. The number of nitrogens with zero attached hydrogens (tertiary/aromatic N) is 3. The van der Waals surface area contributed by atoms with E-state index in [-0.39, 0.29) is 11.9 Å². The number of aromatic nitrogens is 3. The molecule has 0 aromatic carbocycles. The molecule has 1 amide bonds. The van der Waals surface area contributed by atoms with Crippen molar-refractivity contribution >= 4 is 29.0 Å². The van der Waals surface area contributed by atoms with Gasteiger partial charge < -0.3 is 9.88 Å². The van der Waals surface area contributed by atoms with Gasteiger partial charge in [-0.1, -0.05) is 50.9 Å². The molecule has 0 spiro atoms. The molecule has 1 aliphatic rings. The molecule has 26 heavy (non-hydrogen) atoms. The lowest BCUT2D eigenvalue weighted by molar-refractivity contribution is -0.119. The Balaban J connectivity index is 1.61. The quantitative estimate of drug-likeness (QED) is 0.690. The van der Waals surface area contributed by atoms with Crippen molar-refractivity contribution in [3.63, 3.8) is 0 Å². The van der Waals surface area contributed by atoms with Crippen LogP contribution in [0, 0.1) is 12.8 Å².